The van der Waals surface area contributed by atoms with Gasteiger partial charge < -0.3 is 15.0 Å². The topological polar surface area (TPSA) is 92.0 Å². The average molecular weight is 379 g/mol. The second kappa shape index (κ2) is 7.55. The second-order valence-corrected chi connectivity index (χ2v) is 6.59. The van der Waals surface area contributed by atoms with Gasteiger partial charge in [-0.1, -0.05) is 54.2 Å². The van der Waals surface area contributed by atoms with Crippen LogP contribution in [0.4, 0.5) is 0 Å². The molecule has 2 aromatic carbocycles. The molecule has 2 aromatic heterocycles. The molecule has 2 heterocycles. The van der Waals surface area contributed by atoms with Crippen LogP contribution in [0.15, 0.2) is 70.4 Å². The average Bonchev–Trinajstić information content (AvgIpc) is 3.34. The molecule has 7 nitrogen and oxygen atoms in total. The van der Waals surface area contributed by atoms with Crippen molar-refractivity contribution in [1.29, 1.82) is 0 Å². The van der Waals surface area contributed by atoms with E-state index in [1.54, 1.807) is 13.3 Å². The van der Waals surface area contributed by atoms with Crippen LogP contribution in [0.1, 0.15) is 5.89 Å². The number of nitrogens with two attached hydrogens (primary N) is 1. The van der Waals surface area contributed by atoms with Crippen molar-refractivity contribution >= 4 is 11.8 Å². The summed E-state index contributed by atoms with van der Waals surface area (Å²) in [7, 11) is 1.61. The summed E-state index contributed by atoms with van der Waals surface area (Å²) in [4.78, 5) is 4.32. The van der Waals surface area contributed by atoms with Crippen LogP contribution in [0.3, 0.4) is 0 Å². The fourth-order valence-electron chi connectivity index (χ4n) is 2.63. The largest absolute Gasteiger partial charge is 0.496 e. The molecule has 0 aliphatic rings. The van der Waals surface area contributed by atoms with Gasteiger partial charge in [0.2, 0.25) is 11.0 Å². The molecular formula is C19H17N5O2S. The van der Waals surface area contributed by atoms with Gasteiger partial charge in [0.05, 0.1) is 24.6 Å². The Balaban J connectivity index is 1.50. The zero-order valence-electron chi connectivity index (χ0n) is 14.6. The van der Waals surface area contributed by atoms with Gasteiger partial charge in [-0.3, -0.25) is 0 Å². The van der Waals surface area contributed by atoms with Crippen LogP contribution in [0.25, 0.3) is 22.7 Å². The van der Waals surface area contributed by atoms with E-state index in [1.165, 1.54) is 16.4 Å². The van der Waals surface area contributed by atoms with E-state index in [0.717, 1.165) is 16.9 Å². The van der Waals surface area contributed by atoms with Gasteiger partial charge in [0.25, 0.3) is 0 Å². The van der Waals surface area contributed by atoms with Crippen molar-refractivity contribution < 1.29 is 9.15 Å². The Labute approximate surface area is 160 Å². The van der Waals surface area contributed by atoms with Crippen molar-refractivity contribution in [3.05, 3.63) is 66.7 Å². The lowest BCUT2D eigenvalue weighted by Crippen LogP contribution is -2.12. The van der Waals surface area contributed by atoms with Gasteiger partial charge in [-0.05, 0) is 12.1 Å². The molecule has 8 heteroatoms. The van der Waals surface area contributed by atoms with Crippen LogP contribution in [0, 0.1) is 0 Å². The number of nitrogens with zero attached hydrogens (tertiary/aromatic N) is 4. The number of oxazole rings is 1. The van der Waals surface area contributed by atoms with E-state index in [9.17, 15) is 0 Å². The fourth-order valence-corrected chi connectivity index (χ4v) is 3.34. The minimum atomic E-state index is 0.494. The molecule has 2 N–H and O–H groups in total. The minimum Gasteiger partial charge on any atom is -0.496 e. The van der Waals surface area contributed by atoms with Gasteiger partial charge in [-0.15, -0.1) is 10.2 Å². The number of nitrogen functional groups attached to an aromatic ring is 1. The molecule has 27 heavy (non-hydrogen) atoms. The van der Waals surface area contributed by atoms with Crippen LogP contribution in [-0.4, -0.2) is 27.0 Å². The lowest BCUT2D eigenvalue weighted by atomic mass is 10.2. The van der Waals surface area contributed by atoms with Crippen LogP contribution >= 0.6 is 11.8 Å². The third-order valence-electron chi connectivity index (χ3n) is 3.95. The van der Waals surface area contributed by atoms with E-state index < -0.39 is 0 Å². The number of benzene rings is 2. The summed E-state index contributed by atoms with van der Waals surface area (Å²) in [5.74, 6) is 9.23. The summed E-state index contributed by atoms with van der Waals surface area (Å²) in [5, 5.41) is 8.93. The molecule has 0 saturated carbocycles. The molecule has 4 aromatic rings. The fraction of sp³-hybridized carbons (Fsp3) is 0.105. The smallest absolute Gasteiger partial charge is 0.210 e. The number of para-hydroxylation sites is 1. The number of hydrogen-bond acceptors (Lipinski definition) is 7. The standard InChI is InChI=1S/C19H17N5O2S/c1-25-15-10-6-5-9-14(15)18-22-23-19(24(18)20)27-12-17-21-11-16(26-17)13-7-3-2-4-8-13/h2-11H,12,20H2,1H3. The Morgan fingerprint density at radius 1 is 1.07 bits per heavy atom. The van der Waals surface area contributed by atoms with E-state index in [4.69, 9.17) is 15.0 Å². The SMILES string of the molecule is COc1ccccc1-c1nnc(SCc2ncc(-c3ccccc3)o2)n1N. The molecule has 0 radical (unpaired) electrons. The maximum Gasteiger partial charge on any atom is 0.210 e. The van der Waals surface area contributed by atoms with Crippen LogP contribution < -0.4 is 10.6 Å². The first kappa shape index (κ1) is 17.2. The predicted octanol–water partition coefficient (Wildman–Crippen LogP) is 3.61. The highest BCUT2D eigenvalue weighted by Gasteiger charge is 2.16. The van der Waals surface area contributed by atoms with Gasteiger partial charge in [0.15, 0.2) is 11.6 Å². The summed E-state index contributed by atoms with van der Waals surface area (Å²) in [6.07, 6.45) is 1.72. The number of methoxy groups -OCH3 is 1. The lowest BCUT2D eigenvalue weighted by Gasteiger charge is -2.07. The molecule has 0 saturated heterocycles. The third kappa shape index (κ3) is 3.52. The van der Waals surface area contributed by atoms with E-state index in [2.05, 4.69) is 15.2 Å². The molecule has 0 amide bonds. The first-order valence-corrected chi connectivity index (χ1v) is 9.21. The molecule has 0 aliphatic heterocycles. The van der Waals surface area contributed by atoms with Crippen molar-refractivity contribution in [2.75, 3.05) is 13.0 Å². The molecule has 136 valence electrons. The molecule has 0 aliphatic carbocycles. The monoisotopic (exact) mass is 379 g/mol. The van der Waals surface area contributed by atoms with Crippen molar-refractivity contribution in [3.8, 4) is 28.5 Å². The first-order valence-electron chi connectivity index (χ1n) is 8.23. The Kier molecular flexibility index (Phi) is 4.80. The molecule has 0 bridgehead atoms. The van der Waals surface area contributed by atoms with Gasteiger partial charge in [0.1, 0.15) is 5.75 Å². The Morgan fingerprint density at radius 2 is 1.85 bits per heavy atom. The highest BCUT2D eigenvalue weighted by atomic mass is 32.2. The lowest BCUT2D eigenvalue weighted by molar-refractivity contribution is 0.416. The zero-order chi connectivity index (χ0) is 18.6. The second-order valence-electron chi connectivity index (χ2n) is 5.65. The van der Waals surface area contributed by atoms with Crippen LogP contribution in [0.2, 0.25) is 0 Å². The maximum absolute atomic E-state index is 6.18. The first-order chi connectivity index (χ1) is 13.3. The van der Waals surface area contributed by atoms with E-state index in [-0.39, 0.29) is 0 Å². The van der Waals surface area contributed by atoms with Gasteiger partial charge in [0, 0.05) is 5.56 Å². The molecule has 0 fully saturated rings. The quantitative estimate of drug-likeness (QED) is 0.404. The number of rotatable bonds is 6. The Morgan fingerprint density at radius 3 is 2.67 bits per heavy atom. The summed E-state index contributed by atoms with van der Waals surface area (Å²) >= 11 is 1.40. The number of hydrogen-bond donors (Lipinski definition) is 1. The van der Waals surface area contributed by atoms with Gasteiger partial charge >= 0.3 is 0 Å². The number of ether oxygens (including phenoxy) is 1. The molecule has 0 unspecified atom stereocenters. The molecule has 4 rings (SSSR count). The van der Waals surface area contributed by atoms with Gasteiger partial charge in [-0.25, -0.2) is 9.66 Å². The van der Waals surface area contributed by atoms with Crippen molar-refractivity contribution in [3.63, 3.8) is 0 Å². The summed E-state index contributed by atoms with van der Waals surface area (Å²) in [6, 6.07) is 17.4. The number of thioether (sulfide) groups is 1. The predicted molar refractivity (Wildman–Crippen MR) is 104 cm³/mol. The van der Waals surface area contributed by atoms with E-state index in [0.29, 0.717) is 28.4 Å². The summed E-state index contributed by atoms with van der Waals surface area (Å²) < 4.78 is 12.6. The highest BCUT2D eigenvalue weighted by Crippen LogP contribution is 2.30. The Bertz CT molecular complexity index is 1050. The normalized spacial score (nSPS) is 10.9. The summed E-state index contributed by atoms with van der Waals surface area (Å²) in [5.41, 5.74) is 1.77. The maximum atomic E-state index is 6.18. The Hall–Kier alpha value is -3.26. The van der Waals surface area contributed by atoms with Crippen molar-refractivity contribution in [1.82, 2.24) is 19.9 Å². The van der Waals surface area contributed by atoms with Crippen molar-refractivity contribution in [2.45, 2.75) is 10.9 Å². The molecule has 0 spiro atoms. The highest BCUT2D eigenvalue weighted by molar-refractivity contribution is 7.98. The molecular weight excluding hydrogens is 362 g/mol. The van der Waals surface area contributed by atoms with Crippen LogP contribution in [0.5, 0.6) is 5.75 Å². The van der Waals surface area contributed by atoms with Gasteiger partial charge in [-0.2, -0.15) is 0 Å². The number of aromatic nitrogens is 4. The minimum absolute atomic E-state index is 0.494. The van der Waals surface area contributed by atoms with Crippen molar-refractivity contribution in [2.24, 2.45) is 0 Å². The van der Waals surface area contributed by atoms with Crippen LogP contribution in [-0.2, 0) is 5.75 Å². The zero-order valence-corrected chi connectivity index (χ0v) is 15.4. The van der Waals surface area contributed by atoms with E-state index in [1.807, 2.05) is 54.6 Å². The molecule has 0 atom stereocenters. The van der Waals surface area contributed by atoms with E-state index >= 15 is 0 Å². The summed E-state index contributed by atoms with van der Waals surface area (Å²) in [6.45, 7) is 0. The third-order valence-corrected chi connectivity index (χ3v) is 4.88.